The standard InChI is InChI=1S/C12H22O2Si/c1-12(2,3)15(4,5)14-11-7-6-9-13-10-8-11/h6,8-9H,7,10H2,1-5H3. The number of rotatable bonds is 2. The Bertz CT molecular complexity index is 272. The molecule has 86 valence electrons. The Labute approximate surface area is 94.1 Å². The molecular formula is C12H22O2Si. The Morgan fingerprint density at radius 1 is 1.33 bits per heavy atom. The predicted octanol–water partition coefficient (Wildman–Crippen LogP) is 3.83. The molecule has 15 heavy (non-hydrogen) atoms. The van der Waals surface area contributed by atoms with Crippen molar-refractivity contribution in [1.82, 2.24) is 0 Å². The lowest BCUT2D eigenvalue weighted by Crippen LogP contribution is -2.40. The van der Waals surface area contributed by atoms with Crippen LogP contribution >= 0.6 is 0 Å². The third-order valence-electron chi connectivity index (χ3n) is 3.11. The Morgan fingerprint density at radius 3 is 2.60 bits per heavy atom. The van der Waals surface area contributed by atoms with Crippen molar-refractivity contribution in [3.8, 4) is 0 Å². The first-order valence-electron chi connectivity index (χ1n) is 5.47. The van der Waals surface area contributed by atoms with E-state index in [2.05, 4.69) is 33.9 Å². The topological polar surface area (TPSA) is 18.5 Å². The third-order valence-corrected chi connectivity index (χ3v) is 7.50. The number of ether oxygens (including phenoxy) is 1. The van der Waals surface area contributed by atoms with E-state index in [1.807, 2.05) is 12.2 Å². The molecule has 0 unspecified atom stereocenters. The molecule has 0 aliphatic carbocycles. The summed E-state index contributed by atoms with van der Waals surface area (Å²) >= 11 is 0. The summed E-state index contributed by atoms with van der Waals surface area (Å²) in [7, 11) is -1.67. The van der Waals surface area contributed by atoms with Gasteiger partial charge in [-0.3, -0.25) is 0 Å². The van der Waals surface area contributed by atoms with Crippen molar-refractivity contribution >= 4 is 8.32 Å². The fourth-order valence-corrected chi connectivity index (χ4v) is 2.20. The molecule has 2 nitrogen and oxygen atoms in total. The zero-order chi connectivity index (χ0) is 11.5. The van der Waals surface area contributed by atoms with Crippen LogP contribution in [0.15, 0.2) is 24.2 Å². The van der Waals surface area contributed by atoms with Gasteiger partial charge in [-0.2, -0.15) is 0 Å². The summed E-state index contributed by atoms with van der Waals surface area (Å²) in [6, 6.07) is 0. The van der Waals surface area contributed by atoms with E-state index in [-0.39, 0.29) is 5.04 Å². The maximum atomic E-state index is 6.19. The first kappa shape index (κ1) is 12.4. The van der Waals surface area contributed by atoms with Crippen LogP contribution in [0.2, 0.25) is 18.1 Å². The normalized spacial score (nSPS) is 17.8. The Kier molecular flexibility index (Phi) is 3.65. The van der Waals surface area contributed by atoms with Crippen LogP contribution < -0.4 is 0 Å². The second kappa shape index (κ2) is 4.43. The van der Waals surface area contributed by atoms with Crippen molar-refractivity contribution in [3.05, 3.63) is 24.2 Å². The van der Waals surface area contributed by atoms with Gasteiger partial charge in [-0.05, 0) is 30.3 Å². The molecule has 0 saturated heterocycles. The molecule has 0 aromatic rings. The summed E-state index contributed by atoms with van der Waals surface area (Å²) in [6.07, 6.45) is 6.65. The maximum Gasteiger partial charge on any atom is 0.250 e. The van der Waals surface area contributed by atoms with E-state index in [1.54, 1.807) is 6.26 Å². The van der Waals surface area contributed by atoms with Crippen molar-refractivity contribution in [3.63, 3.8) is 0 Å². The zero-order valence-electron chi connectivity index (χ0n) is 10.5. The average Bonchev–Trinajstić information content (AvgIpc) is 2.30. The summed E-state index contributed by atoms with van der Waals surface area (Å²) in [5, 5.41) is 0.255. The van der Waals surface area contributed by atoms with E-state index in [4.69, 9.17) is 9.16 Å². The average molecular weight is 226 g/mol. The quantitative estimate of drug-likeness (QED) is 0.666. The maximum absolute atomic E-state index is 6.19. The second-order valence-corrected chi connectivity index (χ2v) is 10.2. The molecule has 1 aliphatic heterocycles. The minimum absolute atomic E-state index is 0.255. The minimum Gasteiger partial charge on any atom is -0.546 e. The summed E-state index contributed by atoms with van der Waals surface area (Å²) in [4.78, 5) is 0. The van der Waals surface area contributed by atoms with Gasteiger partial charge in [0, 0.05) is 6.42 Å². The lowest BCUT2D eigenvalue weighted by Gasteiger charge is -2.37. The summed E-state index contributed by atoms with van der Waals surface area (Å²) in [5.41, 5.74) is 0. The van der Waals surface area contributed by atoms with Gasteiger partial charge in [-0.25, -0.2) is 0 Å². The molecule has 1 heterocycles. The van der Waals surface area contributed by atoms with Crippen molar-refractivity contribution in [1.29, 1.82) is 0 Å². The number of allylic oxidation sites excluding steroid dienone is 1. The van der Waals surface area contributed by atoms with Crippen molar-refractivity contribution in [2.45, 2.75) is 45.3 Å². The van der Waals surface area contributed by atoms with Gasteiger partial charge in [0.1, 0.15) is 6.61 Å². The van der Waals surface area contributed by atoms with E-state index >= 15 is 0 Å². The van der Waals surface area contributed by atoms with Crippen LogP contribution in [0.5, 0.6) is 0 Å². The number of hydrogen-bond acceptors (Lipinski definition) is 2. The molecule has 3 heteroatoms. The Hall–Kier alpha value is -0.703. The molecule has 0 aromatic heterocycles. The first-order valence-corrected chi connectivity index (χ1v) is 8.38. The van der Waals surface area contributed by atoms with E-state index in [0.717, 1.165) is 12.2 Å². The minimum atomic E-state index is -1.67. The number of hydrogen-bond donors (Lipinski definition) is 0. The lowest BCUT2D eigenvalue weighted by molar-refractivity contribution is 0.287. The highest BCUT2D eigenvalue weighted by Gasteiger charge is 2.39. The zero-order valence-corrected chi connectivity index (χ0v) is 11.5. The van der Waals surface area contributed by atoms with Gasteiger partial charge in [0.05, 0.1) is 12.0 Å². The van der Waals surface area contributed by atoms with Gasteiger partial charge in [0.2, 0.25) is 8.32 Å². The Morgan fingerprint density at radius 2 is 2.00 bits per heavy atom. The highest BCUT2D eigenvalue weighted by atomic mass is 28.4. The SMILES string of the molecule is CC(C)(C)[Si](C)(C)OC1=CCOC=CC1. The molecule has 1 aliphatic rings. The van der Waals surface area contributed by atoms with Crippen LogP contribution in [0.1, 0.15) is 27.2 Å². The first-order chi connectivity index (χ1) is 6.83. The van der Waals surface area contributed by atoms with Crippen LogP contribution in [-0.4, -0.2) is 14.9 Å². The molecule has 0 amide bonds. The lowest BCUT2D eigenvalue weighted by atomic mass is 10.2. The highest BCUT2D eigenvalue weighted by Crippen LogP contribution is 2.38. The molecule has 0 N–H and O–H groups in total. The van der Waals surface area contributed by atoms with E-state index < -0.39 is 8.32 Å². The highest BCUT2D eigenvalue weighted by molar-refractivity contribution is 6.74. The van der Waals surface area contributed by atoms with Crippen LogP contribution in [0.25, 0.3) is 0 Å². The summed E-state index contributed by atoms with van der Waals surface area (Å²) < 4.78 is 11.4. The fourth-order valence-electron chi connectivity index (χ4n) is 1.08. The van der Waals surface area contributed by atoms with Gasteiger partial charge in [-0.15, -0.1) is 0 Å². The predicted molar refractivity (Wildman–Crippen MR) is 66.1 cm³/mol. The smallest absolute Gasteiger partial charge is 0.250 e. The Balaban J connectivity index is 2.68. The molecule has 0 bridgehead atoms. The van der Waals surface area contributed by atoms with Crippen molar-refractivity contribution < 1.29 is 9.16 Å². The molecule has 0 fully saturated rings. The summed E-state index contributed by atoms with van der Waals surface area (Å²) in [6.45, 7) is 11.9. The van der Waals surface area contributed by atoms with Gasteiger partial charge < -0.3 is 9.16 Å². The van der Waals surface area contributed by atoms with Crippen LogP contribution in [0.3, 0.4) is 0 Å². The van der Waals surface area contributed by atoms with Gasteiger partial charge in [0.25, 0.3) is 0 Å². The molecule has 0 radical (unpaired) electrons. The van der Waals surface area contributed by atoms with Gasteiger partial charge >= 0.3 is 0 Å². The molecule has 0 aromatic carbocycles. The fraction of sp³-hybridized carbons (Fsp3) is 0.667. The van der Waals surface area contributed by atoms with Crippen molar-refractivity contribution in [2.24, 2.45) is 0 Å². The second-order valence-electron chi connectivity index (χ2n) is 5.44. The largest absolute Gasteiger partial charge is 0.546 e. The molecule has 0 atom stereocenters. The summed E-state index contributed by atoms with van der Waals surface area (Å²) in [5.74, 6) is 1.07. The van der Waals surface area contributed by atoms with E-state index in [0.29, 0.717) is 6.61 Å². The van der Waals surface area contributed by atoms with Crippen LogP contribution in [0.4, 0.5) is 0 Å². The molecule has 0 spiro atoms. The molecule has 1 rings (SSSR count). The van der Waals surface area contributed by atoms with Crippen LogP contribution in [0, 0.1) is 0 Å². The van der Waals surface area contributed by atoms with E-state index in [1.165, 1.54) is 0 Å². The monoisotopic (exact) mass is 226 g/mol. The van der Waals surface area contributed by atoms with Gasteiger partial charge in [-0.1, -0.05) is 20.8 Å². The van der Waals surface area contributed by atoms with Crippen LogP contribution in [-0.2, 0) is 9.16 Å². The van der Waals surface area contributed by atoms with E-state index in [9.17, 15) is 0 Å². The molecule has 0 saturated carbocycles. The van der Waals surface area contributed by atoms with Gasteiger partial charge in [0.15, 0.2) is 0 Å². The van der Waals surface area contributed by atoms with Crippen molar-refractivity contribution in [2.75, 3.05) is 6.61 Å². The molecular weight excluding hydrogens is 204 g/mol. The third kappa shape index (κ3) is 3.41.